The van der Waals surface area contributed by atoms with Crippen LogP contribution in [0.5, 0.6) is 0 Å². The predicted molar refractivity (Wildman–Crippen MR) is 74.6 cm³/mol. The molecule has 0 bridgehead atoms. The Bertz CT molecular complexity index is 632. The van der Waals surface area contributed by atoms with Crippen LogP contribution in [-0.2, 0) is 14.4 Å². The summed E-state index contributed by atoms with van der Waals surface area (Å²) in [5, 5.41) is 2.94. The Morgan fingerprint density at radius 1 is 1.19 bits per heavy atom. The standard InChI is InChI=1S/C13H12ClN3O4/c1-2-16-11(19)12(20)17(13(16)21)7-10(18)15-9-5-3-4-8(14)6-9/h3-6H,2,7H2,1H3,(H,15,18). The molecule has 1 aromatic carbocycles. The van der Waals surface area contributed by atoms with Crippen LogP contribution in [0.3, 0.4) is 0 Å². The van der Waals surface area contributed by atoms with Gasteiger partial charge in [0.15, 0.2) is 0 Å². The summed E-state index contributed by atoms with van der Waals surface area (Å²) in [6.45, 7) is 1.13. The summed E-state index contributed by atoms with van der Waals surface area (Å²) in [7, 11) is 0. The lowest BCUT2D eigenvalue weighted by atomic mass is 10.3. The molecule has 1 aliphatic rings. The van der Waals surface area contributed by atoms with Crippen molar-refractivity contribution in [1.82, 2.24) is 9.80 Å². The minimum absolute atomic E-state index is 0.0792. The molecule has 21 heavy (non-hydrogen) atoms. The molecule has 1 aliphatic heterocycles. The molecule has 0 spiro atoms. The van der Waals surface area contributed by atoms with Crippen molar-refractivity contribution in [3.8, 4) is 0 Å². The van der Waals surface area contributed by atoms with Crippen molar-refractivity contribution < 1.29 is 19.2 Å². The van der Waals surface area contributed by atoms with E-state index < -0.39 is 30.3 Å². The summed E-state index contributed by atoms with van der Waals surface area (Å²) in [5.41, 5.74) is 0.435. The third-order valence-electron chi connectivity index (χ3n) is 2.86. The van der Waals surface area contributed by atoms with Gasteiger partial charge in [0, 0.05) is 17.3 Å². The fourth-order valence-corrected chi connectivity index (χ4v) is 2.07. The lowest BCUT2D eigenvalue weighted by Gasteiger charge is -2.14. The van der Waals surface area contributed by atoms with Gasteiger partial charge >= 0.3 is 17.8 Å². The molecule has 1 saturated heterocycles. The SMILES string of the molecule is CCN1C(=O)C(=O)N(CC(=O)Nc2cccc(Cl)c2)C1=O. The van der Waals surface area contributed by atoms with Crippen molar-refractivity contribution in [2.45, 2.75) is 6.92 Å². The Kier molecular flexibility index (Phi) is 4.23. The first-order valence-corrected chi connectivity index (χ1v) is 6.54. The Labute approximate surface area is 125 Å². The lowest BCUT2D eigenvalue weighted by Crippen LogP contribution is -2.38. The minimum Gasteiger partial charge on any atom is -0.324 e. The first kappa shape index (κ1) is 15.0. The molecule has 0 unspecified atom stereocenters. The first-order chi connectivity index (χ1) is 9.93. The number of urea groups is 1. The van der Waals surface area contributed by atoms with E-state index in [1.165, 1.54) is 6.07 Å². The summed E-state index contributed by atoms with van der Waals surface area (Å²) in [4.78, 5) is 48.2. The van der Waals surface area contributed by atoms with Crippen molar-refractivity contribution in [3.05, 3.63) is 29.3 Å². The zero-order valence-corrected chi connectivity index (χ0v) is 11.9. The van der Waals surface area contributed by atoms with Gasteiger partial charge in [-0.3, -0.25) is 19.3 Å². The van der Waals surface area contributed by atoms with Crippen LogP contribution in [0.2, 0.25) is 5.02 Å². The van der Waals surface area contributed by atoms with Gasteiger partial charge in [0.1, 0.15) is 6.54 Å². The Hall–Kier alpha value is -2.41. The maximum Gasteiger partial charge on any atom is 0.334 e. The van der Waals surface area contributed by atoms with Crippen molar-refractivity contribution in [3.63, 3.8) is 0 Å². The number of imide groups is 2. The molecule has 1 N–H and O–H groups in total. The number of carbonyl (C=O) groups is 4. The average Bonchev–Trinajstić information content (AvgIpc) is 2.62. The number of hydrogen-bond donors (Lipinski definition) is 1. The molecular weight excluding hydrogens is 298 g/mol. The topological polar surface area (TPSA) is 86.8 Å². The normalized spacial score (nSPS) is 14.9. The van der Waals surface area contributed by atoms with Crippen LogP contribution in [0.15, 0.2) is 24.3 Å². The largest absolute Gasteiger partial charge is 0.334 e. The molecule has 2 rings (SSSR count). The van der Waals surface area contributed by atoms with E-state index in [-0.39, 0.29) is 6.54 Å². The summed E-state index contributed by atoms with van der Waals surface area (Å²) < 4.78 is 0. The maximum absolute atomic E-state index is 11.8. The van der Waals surface area contributed by atoms with E-state index in [1.54, 1.807) is 25.1 Å². The molecule has 1 heterocycles. The van der Waals surface area contributed by atoms with Gasteiger partial charge in [-0.1, -0.05) is 17.7 Å². The zero-order chi connectivity index (χ0) is 15.6. The van der Waals surface area contributed by atoms with Gasteiger partial charge in [-0.15, -0.1) is 0 Å². The molecule has 7 nitrogen and oxygen atoms in total. The summed E-state index contributed by atoms with van der Waals surface area (Å²) in [5.74, 6) is -2.51. The molecule has 1 fully saturated rings. The second-order valence-electron chi connectivity index (χ2n) is 4.28. The van der Waals surface area contributed by atoms with Gasteiger partial charge < -0.3 is 5.32 Å². The van der Waals surface area contributed by atoms with E-state index in [2.05, 4.69) is 5.32 Å². The Balaban J connectivity index is 2.05. The van der Waals surface area contributed by atoms with Crippen LogP contribution < -0.4 is 5.32 Å². The summed E-state index contributed by atoms with van der Waals surface area (Å²) in [6, 6.07) is 5.64. The number of nitrogens with one attached hydrogen (secondary N) is 1. The predicted octanol–water partition coefficient (Wildman–Crippen LogP) is 1.09. The van der Waals surface area contributed by atoms with Crippen LogP contribution >= 0.6 is 11.6 Å². The number of carbonyl (C=O) groups excluding carboxylic acids is 4. The monoisotopic (exact) mass is 309 g/mol. The van der Waals surface area contributed by atoms with E-state index in [9.17, 15) is 19.2 Å². The van der Waals surface area contributed by atoms with E-state index in [0.29, 0.717) is 15.6 Å². The van der Waals surface area contributed by atoms with E-state index in [0.717, 1.165) is 4.90 Å². The van der Waals surface area contributed by atoms with Crippen LogP contribution in [0.25, 0.3) is 0 Å². The van der Waals surface area contributed by atoms with Crippen molar-refractivity contribution in [2.24, 2.45) is 0 Å². The molecule has 0 saturated carbocycles. The number of halogens is 1. The van der Waals surface area contributed by atoms with Crippen LogP contribution in [0.1, 0.15) is 6.92 Å². The third-order valence-corrected chi connectivity index (χ3v) is 3.10. The minimum atomic E-state index is -0.997. The number of likely N-dealkylation sites (N-methyl/N-ethyl adjacent to an activating group) is 1. The molecule has 1 aromatic rings. The smallest absolute Gasteiger partial charge is 0.324 e. The van der Waals surface area contributed by atoms with Gasteiger partial charge in [0.25, 0.3) is 0 Å². The van der Waals surface area contributed by atoms with Gasteiger partial charge in [-0.05, 0) is 25.1 Å². The quantitative estimate of drug-likeness (QED) is 0.666. The highest BCUT2D eigenvalue weighted by molar-refractivity contribution is 6.45. The highest BCUT2D eigenvalue weighted by Gasteiger charge is 2.44. The third kappa shape index (κ3) is 3.03. The van der Waals surface area contributed by atoms with Crippen LogP contribution in [0, 0.1) is 0 Å². The second-order valence-corrected chi connectivity index (χ2v) is 4.72. The molecule has 110 valence electrons. The highest BCUT2D eigenvalue weighted by Crippen LogP contribution is 2.16. The van der Waals surface area contributed by atoms with E-state index in [1.807, 2.05) is 0 Å². The molecule has 0 atom stereocenters. The van der Waals surface area contributed by atoms with E-state index >= 15 is 0 Å². The highest BCUT2D eigenvalue weighted by atomic mass is 35.5. The number of anilines is 1. The first-order valence-electron chi connectivity index (χ1n) is 6.16. The zero-order valence-electron chi connectivity index (χ0n) is 11.1. The second kappa shape index (κ2) is 5.92. The Morgan fingerprint density at radius 2 is 1.86 bits per heavy atom. The fourth-order valence-electron chi connectivity index (χ4n) is 1.88. The average molecular weight is 310 g/mol. The summed E-state index contributed by atoms with van der Waals surface area (Å²) in [6.07, 6.45) is 0. The number of hydrogen-bond acceptors (Lipinski definition) is 4. The number of rotatable bonds is 4. The Morgan fingerprint density at radius 3 is 2.43 bits per heavy atom. The van der Waals surface area contributed by atoms with Crippen molar-refractivity contribution >= 4 is 41.0 Å². The van der Waals surface area contributed by atoms with Crippen LogP contribution in [-0.4, -0.2) is 46.6 Å². The number of benzene rings is 1. The summed E-state index contributed by atoms with van der Waals surface area (Å²) >= 11 is 5.78. The molecular formula is C13H12ClN3O4. The fraction of sp³-hybridized carbons (Fsp3) is 0.231. The van der Waals surface area contributed by atoms with Crippen LogP contribution in [0.4, 0.5) is 10.5 Å². The van der Waals surface area contributed by atoms with Crippen molar-refractivity contribution in [2.75, 3.05) is 18.4 Å². The van der Waals surface area contributed by atoms with Gasteiger partial charge in [0.05, 0.1) is 0 Å². The van der Waals surface area contributed by atoms with Gasteiger partial charge in [-0.25, -0.2) is 9.69 Å². The molecule has 0 aromatic heterocycles. The van der Waals surface area contributed by atoms with Gasteiger partial charge in [0.2, 0.25) is 5.91 Å². The molecule has 0 aliphatic carbocycles. The van der Waals surface area contributed by atoms with Crippen molar-refractivity contribution in [1.29, 1.82) is 0 Å². The van der Waals surface area contributed by atoms with Gasteiger partial charge in [-0.2, -0.15) is 0 Å². The van der Waals surface area contributed by atoms with E-state index in [4.69, 9.17) is 11.6 Å². The number of nitrogens with zero attached hydrogens (tertiary/aromatic N) is 2. The maximum atomic E-state index is 11.8. The number of amides is 5. The molecule has 8 heteroatoms. The lowest BCUT2D eigenvalue weighted by molar-refractivity contribution is -0.143. The molecule has 5 amide bonds. The molecule has 0 radical (unpaired) electrons.